The van der Waals surface area contributed by atoms with Crippen LogP contribution in [0.5, 0.6) is 11.5 Å². The number of nitrogens with zero attached hydrogens (tertiary/aromatic N) is 1. The largest absolute Gasteiger partial charge is 0.489 e. The summed E-state index contributed by atoms with van der Waals surface area (Å²) in [5.41, 5.74) is 1.49. The van der Waals surface area contributed by atoms with Gasteiger partial charge in [0.05, 0.1) is 30.6 Å². The Labute approximate surface area is 201 Å². The quantitative estimate of drug-likeness (QED) is 0.290. The number of esters is 1. The number of anilines is 1. The van der Waals surface area contributed by atoms with Crippen LogP contribution in [0.1, 0.15) is 29.9 Å². The maximum atomic E-state index is 12.6. The molecule has 1 aliphatic heterocycles. The van der Waals surface area contributed by atoms with Crippen LogP contribution in [0.3, 0.4) is 0 Å². The number of hydrogen-bond acceptors (Lipinski definition) is 7. The van der Waals surface area contributed by atoms with E-state index >= 15 is 0 Å². The molecule has 1 N–H and O–H groups in total. The molecule has 0 fully saturated rings. The maximum Gasteiger partial charge on any atom is 0.307 e. The van der Waals surface area contributed by atoms with Gasteiger partial charge in [-0.2, -0.15) is 0 Å². The molecule has 4 rings (SSSR count). The number of rotatable bonds is 8. The van der Waals surface area contributed by atoms with Gasteiger partial charge in [-0.1, -0.05) is 60.7 Å². The zero-order valence-electron chi connectivity index (χ0n) is 18.8. The predicted molar refractivity (Wildman–Crippen MR) is 128 cm³/mol. The third-order valence-electron chi connectivity index (χ3n) is 5.48. The molecule has 1 heterocycles. The highest BCUT2D eigenvalue weighted by Gasteiger charge is 2.24. The number of hydrogen-bond donors (Lipinski definition) is 1. The van der Waals surface area contributed by atoms with Crippen molar-refractivity contribution in [1.29, 1.82) is 0 Å². The zero-order valence-corrected chi connectivity index (χ0v) is 18.8. The molecule has 35 heavy (non-hydrogen) atoms. The number of fused-ring (bicyclic) bond motifs is 1. The number of nitro benzene ring substituents is 1. The van der Waals surface area contributed by atoms with E-state index in [9.17, 15) is 19.7 Å². The minimum absolute atomic E-state index is 0.0332. The van der Waals surface area contributed by atoms with Crippen molar-refractivity contribution in [2.24, 2.45) is 0 Å². The Hall–Kier alpha value is -4.40. The molecule has 3 aromatic rings. The Morgan fingerprint density at radius 3 is 2.09 bits per heavy atom. The Balaban J connectivity index is 1.41. The molecule has 0 spiro atoms. The van der Waals surface area contributed by atoms with Crippen LogP contribution in [0, 0.1) is 10.1 Å². The van der Waals surface area contributed by atoms with Crippen LogP contribution in [0.4, 0.5) is 11.4 Å². The second-order valence-electron chi connectivity index (χ2n) is 7.91. The third kappa shape index (κ3) is 6.14. The number of carbonyl (C=O) groups is 2. The Morgan fingerprint density at radius 1 is 0.943 bits per heavy atom. The van der Waals surface area contributed by atoms with Gasteiger partial charge >= 0.3 is 5.97 Å². The second kappa shape index (κ2) is 11.1. The van der Waals surface area contributed by atoms with Crippen molar-refractivity contribution in [3.05, 3.63) is 94.0 Å². The molecule has 0 saturated heterocycles. The van der Waals surface area contributed by atoms with Crippen molar-refractivity contribution in [1.82, 2.24) is 0 Å². The van der Waals surface area contributed by atoms with Crippen molar-refractivity contribution in [2.45, 2.75) is 18.8 Å². The molecule has 0 atom stereocenters. The monoisotopic (exact) mass is 476 g/mol. The molecule has 3 aromatic carbocycles. The fourth-order valence-electron chi connectivity index (χ4n) is 3.81. The molecule has 0 bridgehead atoms. The molecule has 1 amide bonds. The van der Waals surface area contributed by atoms with Gasteiger partial charge in [0.15, 0.2) is 18.1 Å². The summed E-state index contributed by atoms with van der Waals surface area (Å²) in [4.78, 5) is 36.0. The first-order chi connectivity index (χ1) is 17.0. The predicted octanol–water partition coefficient (Wildman–Crippen LogP) is 4.46. The molecule has 0 aromatic heterocycles. The highest BCUT2D eigenvalue weighted by atomic mass is 16.6. The fourth-order valence-corrected chi connectivity index (χ4v) is 3.81. The lowest BCUT2D eigenvalue weighted by Gasteiger charge is -2.17. The topological polar surface area (TPSA) is 117 Å². The van der Waals surface area contributed by atoms with Gasteiger partial charge in [-0.15, -0.1) is 0 Å². The van der Waals surface area contributed by atoms with E-state index in [1.54, 1.807) is 0 Å². The van der Waals surface area contributed by atoms with Crippen molar-refractivity contribution >= 4 is 23.3 Å². The van der Waals surface area contributed by atoms with Gasteiger partial charge in [0.1, 0.15) is 5.69 Å². The van der Waals surface area contributed by atoms with Crippen molar-refractivity contribution in [3.8, 4) is 11.5 Å². The minimum Gasteiger partial charge on any atom is -0.489 e. The summed E-state index contributed by atoms with van der Waals surface area (Å²) >= 11 is 0. The van der Waals surface area contributed by atoms with Crippen LogP contribution in [-0.2, 0) is 14.3 Å². The summed E-state index contributed by atoms with van der Waals surface area (Å²) in [6, 6.07) is 21.7. The fraction of sp³-hybridized carbons (Fsp3) is 0.231. The molecule has 9 heteroatoms. The van der Waals surface area contributed by atoms with Gasteiger partial charge < -0.3 is 19.5 Å². The Morgan fingerprint density at radius 2 is 1.51 bits per heavy atom. The van der Waals surface area contributed by atoms with E-state index < -0.39 is 23.4 Å². The average Bonchev–Trinajstić information content (AvgIpc) is 3.11. The van der Waals surface area contributed by atoms with Crippen LogP contribution in [0.15, 0.2) is 72.8 Å². The van der Waals surface area contributed by atoms with Gasteiger partial charge in [-0.25, -0.2) is 0 Å². The van der Waals surface area contributed by atoms with Crippen molar-refractivity contribution < 1.29 is 28.7 Å². The summed E-state index contributed by atoms with van der Waals surface area (Å²) < 4.78 is 16.2. The third-order valence-corrected chi connectivity index (χ3v) is 5.48. The van der Waals surface area contributed by atoms with Gasteiger partial charge in [0, 0.05) is 18.4 Å². The molecule has 0 aliphatic carbocycles. The first kappa shape index (κ1) is 23.7. The van der Waals surface area contributed by atoms with Crippen LogP contribution in [0.2, 0.25) is 0 Å². The average molecular weight is 476 g/mol. The van der Waals surface area contributed by atoms with E-state index in [0.717, 1.165) is 11.1 Å². The number of amides is 1. The van der Waals surface area contributed by atoms with Crippen LogP contribution in [0.25, 0.3) is 0 Å². The Bertz CT molecular complexity index is 1160. The first-order valence-electron chi connectivity index (χ1n) is 11.1. The van der Waals surface area contributed by atoms with Crippen molar-refractivity contribution in [2.75, 3.05) is 25.1 Å². The van der Waals surface area contributed by atoms with Gasteiger partial charge in [-0.05, 0) is 11.1 Å². The lowest BCUT2D eigenvalue weighted by Crippen LogP contribution is -2.22. The zero-order chi connectivity index (χ0) is 24.6. The molecular weight excluding hydrogens is 452 g/mol. The van der Waals surface area contributed by atoms with E-state index in [2.05, 4.69) is 5.32 Å². The van der Waals surface area contributed by atoms with E-state index in [1.165, 1.54) is 12.1 Å². The number of nitro groups is 1. The Kier molecular flexibility index (Phi) is 7.57. The number of ether oxygens (including phenoxy) is 3. The second-order valence-corrected chi connectivity index (χ2v) is 7.91. The van der Waals surface area contributed by atoms with Gasteiger partial charge in [-0.3, -0.25) is 19.7 Å². The minimum atomic E-state index is -0.702. The number of benzene rings is 3. The molecule has 0 saturated carbocycles. The molecule has 0 radical (unpaired) electrons. The van der Waals surface area contributed by atoms with Crippen molar-refractivity contribution in [3.63, 3.8) is 0 Å². The molecule has 9 nitrogen and oxygen atoms in total. The van der Waals surface area contributed by atoms with Crippen LogP contribution in [-0.4, -0.2) is 36.6 Å². The highest BCUT2D eigenvalue weighted by molar-refractivity contribution is 5.95. The van der Waals surface area contributed by atoms with E-state index in [4.69, 9.17) is 14.2 Å². The van der Waals surface area contributed by atoms with Gasteiger partial charge in [0.2, 0.25) is 0 Å². The maximum absolute atomic E-state index is 12.6. The first-order valence-corrected chi connectivity index (χ1v) is 11.1. The lowest BCUT2D eigenvalue weighted by molar-refractivity contribution is -0.384. The highest BCUT2D eigenvalue weighted by Crippen LogP contribution is 2.39. The van der Waals surface area contributed by atoms with E-state index in [-0.39, 0.29) is 29.5 Å². The van der Waals surface area contributed by atoms with E-state index in [0.29, 0.717) is 25.4 Å². The number of nitrogens with one attached hydrogen (secondary N) is 1. The number of carbonyl (C=O) groups excluding carboxylic acids is 2. The van der Waals surface area contributed by atoms with Crippen LogP contribution >= 0.6 is 0 Å². The van der Waals surface area contributed by atoms with E-state index in [1.807, 2.05) is 60.7 Å². The molecule has 180 valence electrons. The van der Waals surface area contributed by atoms with Gasteiger partial charge in [0.25, 0.3) is 11.6 Å². The summed E-state index contributed by atoms with van der Waals surface area (Å²) in [5, 5.41) is 13.9. The summed E-state index contributed by atoms with van der Waals surface area (Å²) in [6.07, 6.45) is 0.665. The molecule has 1 aliphatic rings. The van der Waals surface area contributed by atoms with Crippen LogP contribution < -0.4 is 14.8 Å². The molecule has 0 unspecified atom stereocenters. The summed E-state index contributed by atoms with van der Waals surface area (Å²) in [7, 11) is 0. The molecular formula is C26H24N2O7. The lowest BCUT2D eigenvalue weighted by atomic mass is 9.89. The smallest absolute Gasteiger partial charge is 0.307 e. The standard InChI is InChI=1S/C26H24N2O7/c29-25(27-21-15-23-24(16-22(21)28(31)32)34-13-7-12-33-23)17-35-26(30)14-20(18-8-3-1-4-9-18)19-10-5-2-6-11-19/h1-6,8-11,15-16,20H,7,12-14,17H2,(H,27,29). The normalized spacial score (nSPS) is 12.5. The summed E-state index contributed by atoms with van der Waals surface area (Å²) in [6.45, 7) is 0.180. The summed E-state index contributed by atoms with van der Waals surface area (Å²) in [5.74, 6) is -0.964. The SMILES string of the molecule is O=C(COC(=O)CC(c1ccccc1)c1ccccc1)Nc1cc2c(cc1[N+](=O)[O-])OCCCO2.